The lowest BCUT2D eigenvalue weighted by molar-refractivity contribution is -0.128. The Morgan fingerprint density at radius 1 is 1.32 bits per heavy atom. The van der Waals surface area contributed by atoms with Gasteiger partial charge in [0.15, 0.2) is 0 Å². The van der Waals surface area contributed by atoms with Crippen LogP contribution in [-0.2, 0) is 9.53 Å². The van der Waals surface area contributed by atoms with E-state index >= 15 is 0 Å². The van der Waals surface area contributed by atoms with Crippen LogP contribution in [0.4, 0.5) is 0 Å². The van der Waals surface area contributed by atoms with Crippen LogP contribution in [0, 0.1) is 11.8 Å². The summed E-state index contributed by atoms with van der Waals surface area (Å²) in [6, 6.07) is 7.88. The van der Waals surface area contributed by atoms with Gasteiger partial charge in [-0.15, -0.1) is 11.8 Å². The smallest absolute Gasteiger partial charge is 0.232 e. The van der Waals surface area contributed by atoms with E-state index in [0.717, 1.165) is 23.7 Å². The first-order valence-corrected chi connectivity index (χ1v) is 8.93. The van der Waals surface area contributed by atoms with Crippen LogP contribution in [-0.4, -0.2) is 49.0 Å². The largest absolute Gasteiger partial charge is 0.497 e. The summed E-state index contributed by atoms with van der Waals surface area (Å²) in [7, 11) is 1.66. The summed E-state index contributed by atoms with van der Waals surface area (Å²) in [6.07, 6.45) is 3.21. The van der Waals surface area contributed by atoms with Crippen LogP contribution in [0.15, 0.2) is 29.2 Å². The molecule has 4 nitrogen and oxygen atoms in total. The van der Waals surface area contributed by atoms with E-state index in [1.54, 1.807) is 18.9 Å². The monoisotopic (exact) mass is 319 g/mol. The number of hydrogen-bond acceptors (Lipinski definition) is 4. The lowest BCUT2D eigenvalue weighted by atomic mass is 9.82. The zero-order valence-electron chi connectivity index (χ0n) is 12.7. The van der Waals surface area contributed by atoms with Gasteiger partial charge < -0.3 is 14.4 Å². The molecule has 1 aromatic rings. The van der Waals surface area contributed by atoms with Gasteiger partial charge in [-0.25, -0.2) is 0 Å². The second-order valence-electron chi connectivity index (χ2n) is 6.38. The van der Waals surface area contributed by atoms with E-state index in [1.807, 2.05) is 24.3 Å². The van der Waals surface area contributed by atoms with Gasteiger partial charge in [0.25, 0.3) is 0 Å². The Morgan fingerprint density at radius 3 is 2.73 bits per heavy atom. The van der Waals surface area contributed by atoms with Crippen LogP contribution in [0.25, 0.3) is 0 Å². The number of rotatable bonds is 4. The predicted octanol–water partition coefficient (Wildman–Crippen LogP) is 2.42. The maximum atomic E-state index is 12.5. The Kier molecular flexibility index (Phi) is 3.78. The normalized spacial score (nSPS) is 32.3. The molecule has 3 fully saturated rings. The molecule has 0 aromatic heterocycles. The number of ether oxygens (including phenoxy) is 2. The first-order chi connectivity index (χ1) is 10.7. The molecule has 3 saturated heterocycles. The average Bonchev–Trinajstić information content (AvgIpc) is 3.24. The Bertz CT molecular complexity index is 561. The Labute approximate surface area is 135 Å². The Hall–Kier alpha value is -1.20. The molecule has 0 aliphatic carbocycles. The van der Waals surface area contributed by atoms with Gasteiger partial charge in [0, 0.05) is 29.8 Å². The van der Waals surface area contributed by atoms with E-state index in [9.17, 15) is 4.79 Å². The second kappa shape index (κ2) is 5.78. The minimum atomic E-state index is 0.251. The van der Waals surface area contributed by atoms with Crippen molar-refractivity contribution in [3.05, 3.63) is 24.3 Å². The molecular weight excluding hydrogens is 298 g/mol. The van der Waals surface area contributed by atoms with Gasteiger partial charge >= 0.3 is 0 Å². The minimum Gasteiger partial charge on any atom is -0.497 e. The van der Waals surface area contributed by atoms with E-state index in [1.165, 1.54) is 12.8 Å². The summed E-state index contributed by atoms with van der Waals surface area (Å²) in [6.45, 7) is 1.78. The average molecular weight is 319 g/mol. The molecule has 3 aliphatic rings. The predicted molar refractivity (Wildman–Crippen MR) is 85.2 cm³/mol. The molecule has 1 amide bonds. The first-order valence-electron chi connectivity index (χ1n) is 7.94. The van der Waals surface area contributed by atoms with Crippen molar-refractivity contribution >= 4 is 17.7 Å². The topological polar surface area (TPSA) is 38.8 Å². The molecule has 5 heteroatoms. The van der Waals surface area contributed by atoms with Crippen molar-refractivity contribution in [3.63, 3.8) is 0 Å². The molecule has 0 N–H and O–H groups in total. The molecule has 1 aromatic carbocycles. The van der Waals surface area contributed by atoms with Gasteiger partial charge in [-0.2, -0.15) is 0 Å². The lowest BCUT2D eigenvalue weighted by Crippen LogP contribution is -2.32. The van der Waals surface area contributed by atoms with Gasteiger partial charge in [-0.05, 0) is 31.0 Å². The van der Waals surface area contributed by atoms with Gasteiger partial charge in [0.2, 0.25) is 5.91 Å². The van der Waals surface area contributed by atoms with E-state index in [0.29, 0.717) is 29.8 Å². The molecule has 0 radical (unpaired) electrons. The number of carbonyl (C=O) groups excluding carboxylic acids is 1. The SMILES string of the molecule is COc1cccc(SCC(=O)N2C[C@@H]3[C@H](C2)[C@H]2CC[C@@H]3O2)c1. The van der Waals surface area contributed by atoms with Gasteiger partial charge in [-0.3, -0.25) is 4.79 Å². The van der Waals surface area contributed by atoms with E-state index in [4.69, 9.17) is 9.47 Å². The fourth-order valence-corrected chi connectivity index (χ4v) is 4.94. The van der Waals surface area contributed by atoms with Crippen molar-refractivity contribution in [2.45, 2.75) is 29.9 Å². The fraction of sp³-hybridized carbons (Fsp3) is 0.588. The highest BCUT2D eigenvalue weighted by Crippen LogP contribution is 2.47. The fourth-order valence-electron chi connectivity index (χ4n) is 4.09. The summed E-state index contributed by atoms with van der Waals surface area (Å²) in [4.78, 5) is 15.6. The number of amides is 1. The number of carbonyl (C=O) groups is 1. The van der Waals surface area contributed by atoms with E-state index < -0.39 is 0 Å². The summed E-state index contributed by atoms with van der Waals surface area (Å²) in [5, 5.41) is 0. The maximum absolute atomic E-state index is 12.5. The van der Waals surface area contributed by atoms with Crippen molar-refractivity contribution in [2.75, 3.05) is 26.0 Å². The number of hydrogen-bond donors (Lipinski definition) is 0. The van der Waals surface area contributed by atoms with Gasteiger partial charge in [0.05, 0.1) is 25.1 Å². The minimum absolute atomic E-state index is 0.251. The van der Waals surface area contributed by atoms with E-state index in [-0.39, 0.29) is 5.91 Å². The number of methoxy groups -OCH3 is 1. The van der Waals surface area contributed by atoms with Crippen molar-refractivity contribution in [1.82, 2.24) is 4.90 Å². The number of thioether (sulfide) groups is 1. The van der Waals surface area contributed by atoms with Crippen molar-refractivity contribution in [1.29, 1.82) is 0 Å². The van der Waals surface area contributed by atoms with Crippen molar-refractivity contribution in [2.24, 2.45) is 11.8 Å². The molecule has 4 atom stereocenters. The highest BCUT2D eigenvalue weighted by atomic mass is 32.2. The lowest BCUT2D eigenvalue weighted by Gasteiger charge is -2.18. The number of nitrogens with zero attached hydrogens (tertiary/aromatic N) is 1. The van der Waals surface area contributed by atoms with E-state index in [2.05, 4.69) is 4.90 Å². The van der Waals surface area contributed by atoms with Crippen molar-refractivity contribution < 1.29 is 14.3 Å². The van der Waals surface area contributed by atoms with Crippen LogP contribution >= 0.6 is 11.8 Å². The Balaban J connectivity index is 1.33. The van der Waals surface area contributed by atoms with Crippen LogP contribution in [0.2, 0.25) is 0 Å². The zero-order chi connectivity index (χ0) is 15.1. The first kappa shape index (κ1) is 14.4. The van der Waals surface area contributed by atoms with Crippen LogP contribution in [0.5, 0.6) is 5.75 Å². The molecule has 118 valence electrons. The van der Waals surface area contributed by atoms with Crippen LogP contribution in [0.3, 0.4) is 0 Å². The molecule has 2 bridgehead atoms. The summed E-state index contributed by atoms with van der Waals surface area (Å²) in [5.74, 6) is 2.76. The summed E-state index contributed by atoms with van der Waals surface area (Å²) in [5.41, 5.74) is 0. The molecule has 0 saturated carbocycles. The molecular formula is C17H21NO3S. The van der Waals surface area contributed by atoms with Gasteiger partial charge in [-0.1, -0.05) is 6.07 Å². The molecule has 0 unspecified atom stereocenters. The third-order valence-corrected chi connectivity index (χ3v) is 6.19. The van der Waals surface area contributed by atoms with Crippen molar-refractivity contribution in [3.8, 4) is 5.75 Å². The number of fused-ring (bicyclic) bond motifs is 5. The molecule has 4 rings (SSSR count). The number of likely N-dealkylation sites (tertiary alicyclic amines) is 1. The quantitative estimate of drug-likeness (QED) is 0.799. The summed E-state index contributed by atoms with van der Waals surface area (Å²) < 4.78 is 11.2. The second-order valence-corrected chi connectivity index (χ2v) is 7.43. The molecule has 22 heavy (non-hydrogen) atoms. The van der Waals surface area contributed by atoms with Crippen LogP contribution < -0.4 is 4.74 Å². The van der Waals surface area contributed by atoms with Crippen LogP contribution in [0.1, 0.15) is 12.8 Å². The molecule has 0 spiro atoms. The third-order valence-electron chi connectivity index (χ3n) is 5.21. The maximum Gasteiger partial charge on any atom is 0.232 e. The third kappa shape index (κ3) is 2.50. The highest BCUT2D eigenvalue weighted by molar-refractivity contribution is 8.00. The number of benzene rings is 1. The molecule has 3 aliphatic heterocycles. The molecule has 3 heterocycles. The van der Waals surface area contributed by atoms with Gasteiger partial charge in [0.1, 0.15) is 5.75 Å². The highest BCUT2D eigenvalue weighted by Gasteiger charge is 2.53. The summed E-state index contributed by atoms with van der Waals surface area (Å²) >= 11 is 1.59. The standard InChI is InChI=1S/C17H21NO3S/c1-20-11-3-2-4-12(7-11)22-10-17(19)18-8-13-14(9-18)16-6-5-15(13)21-16/h2-4,7,13-16H,5-6,8-10H2,1H3/t13-,14+,15+,16-. The zero-order valence-corrected chi connectivity index (χ0v) is 13.6. The Morgan fingerprint density at radius 2 is 2.05 bits per heavy atom.